The zero-order valence-corrected chi connectivity index (χ0v) is 16.2. The highest BCUT2D eigenvalue weighted by Crippen LogP contribution is 2.19. The molecular formula is C18H33NO6. The van der Waals surface area contributed by atoms with Crippen molar-refractivity contribution < 1.29 is 29.0 Å². The number of ether oxygens (including phenoxy) is 2. The third-order valence-corrected chi connectivity index (χ3v) is 3.98. The number of carbonyl (C=O) groups is 3. The van der Waals surface area contributed by atoms with Crippen LogP contribution in [0.5, 0.6) is 0 Å². The Morgan fingerprint density at radius 2 is 1.64 bits per heavy atom. The first-order valence-corrected chi connectivity index (χ1v) is 8.96. The molecule has 0 aliphatic heterocycles. The summed E-state index contributed by atoms with van der Waals surface area (Å²) in [6, 6.07) is 0. The van der Waals surface area contributed by atoms with Crippen molar-refractivity contribution in [1.29, 1.82) is 0 Å². The fraction of sp³-hybridized carbons (Fsp3) is 0.833. The second kappa shape index (κ2) is 11.7. The quantitative estimate of drug-likeness (QED) is 0.433. The minimum Gasteiger partial charge on any atom is -0.481 e. The maximum Gasteiger partial charge on any atom is 0.410 e. The molecule has 0 aliphatic rings. The number of alkyl carbamates (subject to hydrolysis) is 1. The molecule has 7 heteroatoms. The van der Waals surface area contributed by atoms with Gasteiger partial charge in [-0.15, -0.1) is 0 Å². The van der Waals surface area contributed by atoms with Crippen LogP contribution in [0.2, 0.25) is 0 Å². The van der Waals surface area contributed by atoms with Crippen LogP contribution >= 0.6 is 0 Å². The molecule has 0 rings (SSSR count). The van der Waals surface area contributed by atoms with E-state index < -0.39 is 30.2 Å². The van der Waals surface area contributed by atoms with E-state index in [2.05, 4.69) is 5.32 Å². The van der Waals surface area contributed by atoms with Crippen LogP contribution in [-0.4, -0.2) is 36.0 Å². The summed E-state index contributed by atoms with van der Waals surface area (Å²) in [6.45, 7) is 11.1. The molecule has 7 nitrogen and oxygen atoms in total. The predicted molar refractivity (Wildman–Crippen MR) is 93.9 cm³/mol. The molecule has 0 spiro atoms. The van der Waals surface area contributed by atoms with Gasteiger partial charge in [0.1, 0.15) is 0 Å². The van der Waals surface area contributed by atoms with Gasteiger partial charge in [-0.25, -0.2) is 4.79 Å². The average molecular weight is 359 g/mol. The van der Waals surface area contributed by atoms with Crippen molar-refractivity contribution in [3.63, 3.8) is 0 Å². The van der Waals surface area contributed by atoms with E-state index in [0.717, 1.165) is 6.42 Å². The lowest BCUT2D eigenvalue weighted by atomic mass is 9.91. The van der Waals surface area contributed by atoms with Gasteiger partial charge in [-0.05, 0) is 18.8 Å². The van der Waals surface area contributed by atoms with Crippen molar-refractivity contribution >= 4 is 18.0 Å². The molecule has 25 heavy (non-hydrogen) atoms. The van der Waals surface area contributed by atoms with Gasteiger partial charge in [-0.3, -0.25) is 9.59 Å². The van der Waals surface area contributed by atoms with Crippen molar-refractivity contribution in [2.24, 2.45) is 23.7 Å². The number of hydrogen-bond donors (Lipinski definition) is 2. The molecule has 0 saturated carbocycles. The van der Waals surface area contributed by atoms with Crippen LogP contribution in [0.1, 0.15) is 60.8 Å². The molecule has 0 fully saturated rings. The molecule has 0 bridgehead atoms. The highest BCUT2D eigenvalue weighted by atomic mass is 16.7. The van der Waals surface area contributed by atoms with Gasteiger partial charge in [0.05, 0.1) is 11.8 Å². The molecule has 1 unspecified atom stereocenters. The summed E-state index contributed by atoms with van der Waals surface area (Å²) < 4.78 is 10.4. The summed E-state index contributed by atoms with van der Waals surface area (Å²) in [4.78, 5) is 34.5. The van der Waals surface area contributed by atoms with E-state index in [9.17, 15) is 14.4 Å². The number of carbonyl (C=O) groups excluding carboxylic acids is 2. The summed E-state index contributed by atoms with van der Waals surface area (Å²) in [6.07, 6.45) is 0.514. The van der Waals surface area contributed by atoms with E-state index >= 15 is 0 Å². The summed E-state index contributed by atoms with van der Waals surface area (Å²) in [5.41, 5.74) is 0. The fourth-order valence-corrected chi connectivity index (χ4v) is 2.16. The number of carboxylic acid groups (broad SMARTS) is 1. The first kappa shape index (κ1) is 23.2. The standard InChI is InChI=1S/C18H33NO6/c1-7-14(10-13(6)15(20)21)8-9-19-18(23)25-17(12(4)5)24-16(22)11(2)3/h11-14,17H,7-10H2,1-6H3,(H,19,23)(H,20,21)/t13-,14?,17-/m0/s1. The van der Waals surface area contributed by atoms with Crippen LogP contribution in [0.25, 0.3) is 0 Å². The molecule has 0 aromatic rings. The zero-order chi connectivity index (χ0) is 19.6. The third-order valence-electron chi connectivity index (χ3n) is 3.98. The maximum atomic E-state index is 11.9. The van der Waals surface area contributed by atoms with E-state index in [1.54, 1.807) is 34.6 Å². The summed E-state index contributed by atoms with van der Waals surface area (Å²) >= 11 is 0. The van der Waals surface area contributed by atoms with Crippen LogP contribution in [0.4, 0.5) is 4.79 Å². The molecule has 0 saturated heterocycles. The van der Waals surface area contributed by atoms with Gasteiger partial charge >= 0.3 is 18.0 Å². The number of amides is 1. The van der Waals surface area contributed by atoms with Gasteiger partial charge in [0.25, 0.3) is 6.29 Å². The van der Waals surface area contributed by atoms with E-state index in [1.165, 1.54) is 0 Å². The number of aliphatic carboxylic acids is 1. The van der Waals surface area contributed by atoms with Crippen LogP contribution < -0.4 is 5.32 Å². The first-order valence-electron chi connectivity index (χ1n) is 8.96. The molecule has 0 aromatic heterocycles. The molecule has 0 radical (unpaired) electrons. The SMILES string of the molecule is CCC(CCNC(=O)O[C@H](OC(=O)C(C)C)C(C)C)C[C@H](C)C(=O)O. The van der Waals surface area contributed by atoms with Crippen molar-refractivity contribution in [1.82, 2.24) is 5.32 Å². The first-order chi connectivity index (χ1) is 11.6. The van der Waals surface area contributed by atoms with E-state index in [0.29, 0.717) is 19.4 Å². The molecule has 2 N–H and O–H groups in total. The largest absolute Gasteiger partial charge is 0.481 e. The van der Waals surface area contributed by atoms with Gasteiger partial charge in [0.15, 0.2) is 0 Å². The number of hydrogen-bond acceptors (Lipinski definition) is 5. The van der Waals surface area contributed by atoms with E-state index in [4.69, 9.17) is 14.6 Å². The molecule has 0 heterocycles. The van der Waals surface area contributed by atoms with Gasteiger partial charge in [0, 0.05) is 12.5 Å². The Morgan fingerprint density at radius 1 is 1.04 bits per heavy atom. The van der Waals surface area contributed by atoms with Gasteiger partial charge in [0.2, 0.25) is 0 Å². The van der Waals surface area contributed by atoms with Crippen molar-refractivity contribution in [3.05, 3.63) is 0 Å². The van der Waals surface area contributed by atoms with Crippen molar-refractivity contribution in [2.75, 3.05) is 6.54 Å². The molecular weight excluding hydrogens is 326 g/mol. The Kier molecular flexibility index (Phi) is 10.9. The topological polar surface area (TPSA) is 102 Å². The minimum absolute atomic E-state index is 0.159. The van der Waals surface area contributed by atoms with Gasteiger partial charge < -0.3 is 19.9 Å². The number of carboxylic acids is 1. The number of rotatable bonds is 11. The third kappa shape index (κ3) is 9.94. The maximum absolute atomic E-state index is 11.9. The smallest absolute Gasteiger partial charge is 0.410 e. The Hall–Kier alpha value is -1.79. The molecule has 0 aliphatic carbocycles. The van der Waals surface area contributed by atoms with E-state index in [1.807, 2.05) is 6.92 Å². The van der Waals surface area contributed by atoms with Crippen molar-refractivity contribution in [3.8, 4) is 0 Å². The summed E-state index contributed by atoms with van der Waals surface area (Å²) in [5.74, 6) is -1.87. The van der Waals surface area contributed by atoms with E-state index in [-0.39, 0.29) is 17.8 Å². The molecule has 0 aromatic carbocycles. The Labute approximate surface area is 150 Å². The Morgan fingerprint density at radius 3 is 2.08 bits per heavy atom. The van der Waals surface area contributed by atoms with Crippen molar-refractivity contribution in [2.45, 2.75) is 67.1 Å². The second-order valence-electron chi connectivity index (χ2n) is 7.07. The highest BCUT2D eigenvalue weighted by molar-refractivity contribution is 5.72. The van der Waals surface area contributed by atoms with Crippen LogP contribution in [0.15, 0.2) is 0 Å². The molecule has 1 amide bonds. The van der Waals surface area contributed by atoms with Gasteiger partial charge in [-0.1, -0.05) is 48.0 Å². The summed E-state index contributed by atoms with van der Waals surface area (Å²) in [5, 5.41) is 11.6. The lowest BCUT2D eigenvalue weighted by molar-refractivity contribution is -0.178. The zero-order valence-electron chi connectivity index (χ0n) is 16.2. The monoisotopic (exact) mass is 359 g/mol. The van der Waals surface area contributed by atoms with Crippen LogP contribution in [0.3, 0.4) is 0 Å². The Balaban J connectivity index is 4.34. The van der Waals surface area contributed by atoms with Gasteiger partial charge in [-0.2, -0.15) is 0 Å². The average Bonchev–Trinajstić information content (AvgIpc) is 2.52. The fourth-order valence-electron chi connectivity index (χ4n) is 2.16. The lowest BCUT2D eigenvalue weighted by Crippen LogP contribution is -2.36. The number of nitrogens with one attached hydrogen (secondary N) is 1. The van der Waals surface area contributed by atoms with Crippen LogP contribution in [0, 0.1) is 23.7 Å². The highest BCUT2D eigenvalue weighted by Gasteiger charge is 2.24. The second-order valence-corrected chi connectivity index (χ2v) is 7.07. The molecule has 146 valence electrons. The lowest BCUT2D eigenvalue weighted by Gasteiger charge is -2.23. The Bertz CT molecular complexity index is 435. The minimum atomic E-state index is -0.927. The molecule has 3 atom stereocenters. The normalized spacial score (nSPS) is 14.7. The summed E-state index contributed by atoms with van der Waals surface area (Å²) in [7, 11) is 0. The number of esters is 1. The predicted octanol–water partition coefficient (Wildman–Crippen LogP) is 3.42. The van der Waals surface area contributed by atoms with Crippen LogP contribution in [-0.2, 0) is 19.1 Å².